The quantitative estimate of drug-likeness (QED) is 0.529. The third kappa shape index (κ3) is 18.2. The lowest BCUT2D eigenvalue weighted by Crippen LogP contribution is -2.05. The molecule has 4 nitrogen and oxygen atoms in total. The highest BCUT2D eigenvalue weighted by Gasteiger charge is 2.01. The summed E-state index contributed by atoms with van der Waals surface area (Å²) in [5.41, 5.74) is 0. The summed E-state index contributed by atoms with van der Waals surface area (Å²) in [5, 5.41) is 8.07. The SMILES string of the molecule is CCCCO.COC(=O)CC(C)=O. The van der Waals surface area contributed by atoms with Gasteiger partial charge >= 0.3 is 5.97 Å². The normalized spacial score (nSPS) is 8.31. The predicted molar refractivity (Wildman–Crippen MR) is 49.3 cm³/mol. The number of ether oxygens (including phenoxy) is 1. The number of unbranched alkanes of at least 4 members (excludes halogenated alkanes) is 1. The second-order valence-electron chi connectivity index (χ2n) is 2.53. The zero-order chi connectivity index (χ0) is 10.7. The van der Waals surface area contributed by atoms with Crippen LogP contribution in [0.3, 0.4) is 0 Å². The molecule has 0 aliphatic heterocycles. The number of ketones is 1. The van der Waals surface area contributed by atoms with Gasteiger partial charge in [-0.15, -0.1) is 0 Å². The largest absolute Gasteiger partial charge is 0.469 e. The number of hydrogen-bond donors (Lipinski definition) is 1. The molecule has 0 aromatic heterocycles. The van der Waals surface area contributed by atoms with E-state index in [1.165, 1.54) is 14.0 Å². The van der Waals surface area contributed by atoms with Crippen LogP contribution in [-0.4, -0.2) is 30.6 Å². The smallest absolute Gasteiger partial charge is 0.313 e. The fraction of sp³-hybridized carbons (Fsp3) is 0.778. The third-order valence-corrected chi connectivity index (χ3v) is 1.13. The van der Waals surface area contributed by atoms with Crippen molar-refractivity contribution >= 4 is 11.8 Å². The van der Waals surface area contributed by atoms with E-state index < -0.39 is 5.97 Å². The van der Waals surface area contributed by atoms with Gasteiger partial charge in [-0.25, -0.2) is 0 Å². The Morgan fingerprint density at radius 2 is 1.92 bits per heavy atom. The van der Waals surface area contributed by atoms with Crippen molar-refractivity contribution in [3.05, 3.63) is 0 Å². The minimum absolute atomic E-state index is 0.115. The molecule has 0 fully saturated rings. The maximum absolute atomic E-state index is 10.2. The molecule has 0 rings (SSSR count). The van der Waals surface area contributed by atoms with Gasteiger partial charge in [0.1, 0.15) is 12.2 Å². The number of aliphatic hydroxyl groups is 1. The molecule has 0 saturated heterocycles. The minimum atomic E-state index is -0.475. The molecule has 0 heterocycles. The topological polar surface area (TPSA) is 63.6 Å². The first-order chi connectivity index (χ1) is 6.08. The molecule has 0 radical (unpaired) electrons. The number of rotatable bonds is 4. The van der Waals surface area contributed by atoms with Gasteiger partial charge in [-0.1, -0.05) is 13.3 Å². The van der Waals surface area contributed by atoms with Gasteiger partial charge in [0.2, 0.25) is 0 Å². The van der Waals surface area contributed by atoms with E-state index in [1.807, 2.05) is 0 Å². The van der Waals surface area contributed by atoms with Crippen molar-refractivity contribution in [1.29, 1.82) is 0 Å². The number of hydrogen-bond acceptors (Lipinski definition) is 4. The van der Waals surface area contributed by atoms with Crippen LogP contribution >= 0.6 is 0 Å². The number of methoxy groups -OCH3 is 1. The molecule has 78 valence electrons. The van der Waals surface area contributed by atoms with Crippen LogP contribution in [-0.2, 0) is 14.3 Å². The zero-order valence-electron chi connectivity index (χ0n) is 8.50. The molecule has 1 N–H and O–H groups in total. The molecule has 0 atom stereocenters. The van der Waals surface area contributed by atoms with Crippen LogP contribution in [0.2, 0.25) is 0 Å². The van der Waals surface area contributed by atoms with Crippen molar-refractivity contribution in [1.82, 2.24) is 0 Å². The fourth-order valence-electron chi connectivity index (χ4n) is 0.434. The van der Waals surface area contributed by atoms with Crippen molar-refractivity contribution in [3.8, 4) is 0 Å². The van der Waals surface area contributed by atoms with Gasteiger partial charge in [0.05, 0.1) is 7.11 Å². The van der Waals surface area contributed by atoms with E-state index in [1.54, 1.807) is 0 Å². The standard InChI is InChI=1S/C5H8O3.C4H10O/c1-4(6)3-5(7)8-2;1-2-3-4-5/h3H2,1-2H3;5H,2-4H2,1H3. The monoisotopic (exact) mass is 190 g/mol. The summed E-state index contributed by atoms with van der Waals surface area (Å²) in [6.07, 6.45) is 1.92. The summed E-state index contributed by atoms with van der Waals surface area (Å²) in [7, 11) is 1.26. The van der Waals surface area contributed by atoms with Gasteiger partial charge in [-0.05, 0) is 13.3 Å². The molecule has 0 aromatic rings. The summed E-state index contributed by atoms with van der Waals surface area (Å²) in [6, 6.07) is 0. The van der Waals surface area contributed by atoms with Gasteiger partial charge in [-0.3, -0.25) is 9.59 Å². The maximum atomic E-state index is 10.2. The summed E-state index contributed by atoms with van der Waals surface area (Å²) >= 11 is 0. The molecule has 0 aliphatic carbocycles. The molecule has 0 aliphatic rings. The summed E-state index contributed by atoms with van der Waals surface area (Å²) in [4.78, 5) is 20.3. The van der Waals surface area contributed by atoms with Crippen molar-refractivity contribution in [2.24, 2.45) is 0 Å². The Morgan fingerprint density at radius 3 is 2.00 bits per heavy atom. The summed E-state index contributed by atoms with van der Waals surface area (Å²) in [6.45, 7) is 3.74. The molecular weight excluding hydrogens is 172 g/mol. The third-order valence-electron chi connectivity index (χ3n) is 1.13. The van der Waals surface area contributed by atoms with E-state index in [9.17, 15) is 9.59 Å². The zero-order valence-corrected chi connectivity index (χ0v) is 8.50. The number of esters is 1. The lowest BCUT2D eigenvalue weighted by Gasteiger charge is -1.90. The molecule has 0 bridgehead atoms. The average Bonchev–Trinajstić information content (AvgIpc) is 2.06. The van der Waals surface area contributed by atoms with Gasteiger partial charge in [0.25, 0.3) is 0 Å². The molecule has 0 unspecified atom stereocenters. The van der Waals surface area contributed by atoms with E-state index in [2.05, 4.69) is 11.7 Å². The Labute approximate surface area is 78.9 Å². The minimum Gasteiger partial charge on any atom is -0.469 e. The first-order valence-corrected chi connectivity index (χ1v) is 4.25. The molecule has 0 amide bonds. The molecule has 0 saturated carbocycles. The van der Waals surface area contributed by atoms with Crippen LogP contribution in [0.4, 0.5) is 0 Å². The maximum Gasteiger partial charge on any atom is 0.313 e. The summed E-state index contributed by atoms with van der Waals surface area (Å²) in [5.74, 6) is -0.644. The molecule has 4 heteroatoms. The first kappa shape index (κ1) is 14.6. The Kier molecular flexibility index (Phi) is 12.5. The average molecular weight is 190 g/mol. The highest BCUT2D eigenvalue weighted by molar-refractivity contribution is 5.93. The summed E-state index contributed by atoms with van der Waals surface area (Å²) < 4.78 is 4.20. The lowest BCUT2D eigenvalue weighted by atomic mass is 10.3. The highest BCUT2D eigenvalue weighted by Crippen LogP contribution is 1.83. The van der Waals surface area contributed by atoms with Crippen LogP contribution in [0.1, 0.15) is 33.1 Å². The second kappa shape index (κ2) is 11.1. The molecule has 0 aromatic carbocycles. The molecule has 13 heavy (non-hydrogen) atoms. The number of carbonyl (C=O) groups is 2. The Bertz CT molecular complexity index is 141. The van der Waals surface area contributed by atoms with Crippen LogP contribution in [0.5, 0.6) is 0 Å². The van der Waals surface area contributed by atoms with Crippen molar-refractivity contribution < 1.29 is 19.4 Å². The highest BCUT2D eigenvalue weighted by atomic mass is 16.5. The van der Waals surface area contributed by atoms with Crippen LogP contribution in [0.15, 0.2) is 0 Å². The van der Waals surface area contributed by atoms with Crippen LogP contribution < -0.4 is 0 Å². The van der Waals surface area contributed by atoms with E-state index in [4.69, 9.17) is 5.11 Å². The number of aliphatic hydroxyl groups excluding tert-OH is 1. The van der Waals surface area contributed by atoms with Crippen LogP contribution in [0, 0.1) is 0 Å². The lowest BCUT2D eigenvalue weighted by molar-refractivity contribution is -0.142. The Hall–Kier alpha value is -0.900. The predicted octanol–water partition coefficient (Wildman–Crippen LogP) is 0.917. The first-order valence-electron chi connectivity index (χ1n) is 4.25. The van der Waals surface area contributed by atoms with E-state index in [-0.39, 0.29) is 12.2 Å². The number of carbonyl (C=O) groups excluding carboxylic acids is 2. The van der Waals surface area contributed by atoms with Gasteiger partial charge < -0.3 is 9.84 Å². The van der Waals surface area contributed by atoms with E-state index in [0.29, 0.717) is 6.61 Å². The second-order valence-corrected chi connectivity index (χ2v) is 2.53. The fourth-order valence-corrected chi connectivity index (χ4v) is 0.434. The van der Waals surface area contributed by atoms with Crippen LogP contribution in [0.25, 0.3) is 0 Å². The Balaban J connectivity index is 0. The van der Waals surface area contributed by atoms with Crippen molar-refractivity contribution in [3.63, 3.8) is 0 Å². The van der Waals surface area contributed by atoms with E-state index in [0.717, 1.165) is 12.8 Å². The number of Topliss-reactive ketones (excluding diaryl/α,β-unsaturated/α-hetero) is 1. The van der Waals surface area contributed by atoms with Gasteiger partial charge in [0, 0.05) is 6.61 Å². The van der Waals surface area contributed by atoms with E-state index >= 15 is 0 Å². The molecular formula is C9H18O4. The molecule has 0 spiro atoms. The Morgan fingerprint density at radius 1 is 1.38 bits per heavy atom. The van der Waals surface area contributed by atoms with Crippen molar-refractivity contribution in [2.45, 2.75) is 33.1 Å². The van der Waals surface area contributed by atoms with Gasteiger partial charge in [0.15, 0.2) is 0 Å². The van der Waals surface area contributed by atoms with Gasteiger partial charge in [-0.2, -0.15) is 0 Å². The van der Waals surface area contributed by atoms with Crippen molar-refractivity contribution in [2.75, 3.05) is 13.7 Å².